The molecule has 3 rings (SSSR count). The lowest BCUT2D eigenvalue weighted by Gasteiger charge is -2.00. The minimum Gasteiger partial charge on any atom is -0.275 e. The van der Waals surface area contributed by atoms with Crippen molar-refractivity contribution < 1.29 is 4.92 Å². The van der Waals surface area contributed by atoms with Gasteiger partial charge in [-0.15, -0.1) is 0 Å². The number of nitrogens with one attached hydrogen (secondary N) is 1. The zero-order chi connectivity index (χ0) is 13.6. The number of aromatic nitrogens is 4. The van der Waals surface area contributed by atoms with E-state index in [0.29, 0.717) is 16.6 Å². The molecule has 19 heavy (non-hydrogen) atoms. The second-order valence-corrected chi connectivity index (χ2v) is 5.16. The van der Waals surface area contributed by atoms with Gasteiger partial charge in [0.05, 0.1) is 22.2 Å². The van der Waals surface area contributed by atoms with Gasteiger partial charge in [-0.3, -0.25) is 19.9 Å². The summed E-state index contributed by atoms with van der Waals surface area (Å²) in [5.41, 5.74) is 1.98. The average molecular weight is 369 g/mol. The Bertz CT molecular complexity index is 792. The average Bonchev–Trinajstić information content (AvgIpc) is 2.95. The highest BCUT2D eigenvalue weighted by molar-refractivity contribution is 14.1. The first-order valence-electron chi connectivity index (χ1n) is 5.37. The predicted octanol–water partition coefficient (Wildman–Crippen LogP) is 2.48. The number of nitrogens with zero attached hydrogens (tertiary/aromatic N) is 4. The number of aryl methyl sites for hydroxylation is 1. The molecule has 2 aromatic heterocycles. The standard InChI is InChI=1S/C11H8IN5O2/c1-16-5-6(4-13-16)7-2-9-8(11(12)15-14-9)3-10(7)17(18)19/h2-5H,1H3,(H,14,15). The van der Waals surface area contributed by atoms with E-state index in [0.717, 1.165) is 9.09 Å². The third-order valence-corrected chi connectivity index (χ3v) is 3.66. The number of halogens is 1. The Morgan fingerprint density at radius 2 is 2.26 bits per heavy atom. The van der Waals surface area contributed by atoms with Gasteiger partial charge in [-0.05, 0) is 28.7 Å². The van der Waals surface area contributed by atoms with E-state index in [9.17, 15) is 10.1 Å². The molecule has 0 saturated heterocycles. The van der Waals surface area contributed by atoms with Crippen LogP contribution in [-0.4, -0.2) is 24.9 Å². The van der Waals surface area contributed by atoms with Gasteiger partial charge in [-0.1, -0.05) is 0 Å². The Kier molecular flexibility index (Phi) is 2.73. The molecule has 96 valence electrons. The molecule has 3 aromatic rings. The fourth-order valence-corrected chi connectivity index (χ4v) is 2.51. The molecule has 0 atom stereocenters. The Morgan fingerprint density at radius 3 is 2.89 bits per heavy atom. The third kappa shape index (κ3) is 1.97. The Labute approximate surface area is 120 Å². The van der Waals surface area contributed by atoms with Crippen LogP contribution < -0.4 is 0 Å². The van der Waals surface area contributed by atoms with Gasteiger partial charge in [0.25, 0.3) is 5.69 Å². The first-order valence-corrected chi connectivity index (χ1v) is 6.45. The van der Waals surface area contributed by atoms with Crippen LogP contribution in [0.5, 0.6) is 0 Å². The van der Waals surface area contributed by atoms with E-state index in [2.05, 4.69) is 37.9 Å². The van der Waals surface area contributed by atoms with E-state index in [1.165, 1.54) is 0 Å². The molecule has 0 bridgehead atoms. The molecule has 0 saturated carbocycles. The fraction of sp³-hybridized carbons (Fsp3) is 0.0909. The quantitative estimate of drug-likeness (QED) is 0.427. The van der Waals surface area contributed by atoms with Crippen LogP contribution in [0.1, 0.15) is 0 Å². The Morgan fingerprint density at radius 1 is 1.47 bits per heavy atom. The zero-order valence-electron chi connectivity index (χ0n) is 9.79. The molecular weight excluding hydrogens is 361 g/mol. The molecule has 0 aliphatic heterocycles. The summed E-state index contributed by atoms with van der Waals surface area (Å²) in [6.45, 7) is 0. The van der Waals surface area contributed by atoms with Gasteiger partial charge in [0.2, 0.25) is 0 Å². The van der Waals surface area contributed by atoms with E-state index in [-0.39, 0.29) is 10.6 Å². The number of nitro groups is 1. The highest BCUT2D eigenvalue weighted by Gasteiger charge is 2.19. The largest absolute Gasteiger partial charge is 0.278 e. The van der Waals surface area contributed by atoms with Gasteiger partial charge in [0.1, 0.15) is 3.70 Å². The third-order valence-electron chi connectivity index (χ3n) is 2.84. The second kappa shape index (κ2) is 4.30. The fourth-order valence-electron chi connectivity index (χ4n) is 1.96. The summed E-state index contributed by atoms with van der Waals surface area (Å²) in [5.74, 6) is 0. The Balaban J connectivity index is 2.33. The van der Waals surface area contributed by atoms with Crippen molar-refractivity contribution in [3.8, 4) is 11.1 Å². The first kappa shape index (κ1) is 12.1. The van der Waals surface area contributed by atoms with Crippen molar-refractivity contribution in [3.63, 3.8) is 0 Å². The van der Waals surface area contributed by atoms with Gasteiger partial charge in [-0.2, -0.15) is 10.2 Å². The van der Waals surface area contributed by atoms with Gasteiger partial charge in [0.15, 0.2) is 0 Å². The van der Waals surface area contributed by atoms with Gasteiger partial charge in [-0.25, -0.2) is 0 Å². The zero-order valence-corrected chi connectivity index (χ0v) is 12.0. The Hall–Kier alpha value is -1.97. The van der Waals surface area contributed by atoms with Crippen LogP contribution in [0.2, 0.25) is 0 Å². The summed E-state index contributed by atoms with van der Waals surface area (Å²) in [7, 11) is 1.77. The molecule has 0 aliphatic rings. The van der Waals surface area contributed by atoms with Crippen molar-refractivity contribution in [2.75, 3.05) is 0 Å². The number of hydrogen-bond donors (Lipinski definition) is 1. The normalized spacial score (nSPS) is 11.1. The molecular formula is C11H8IN5O2. The van der Waals surface area contributed by atoms with Gasteiger partial charge in [0, 0.05) is 30.3 Å². The van der Waals surface area contributed by atoms with Crippen LogP contribution in [0, 0.1) is 13.8 Å². The summed E-state index contributed by atoms with van der Waals surface area (Å²) >= 11 is 2.07. The predicted molar refractivity (Wildman–Crippen MR) is 77.7 cm³/mol. The van der Waals surface area contributed by atoms with Gasteiger partial charge < -0.3 is 0 Å². The van der Waals surface area contributed by atoms with Gasteiger partial charge >= 0.3 is 0 Å². The molecule has 7 nitrogen and oxygen atoms in total. The number of aromatic amines is 1. The monoisotopic (exact) mass is 369 g/mol. The van der Waals surface area contributed by atoms with E-state index in [4.69, 9.17) is 0 Å². The van der Waals surface area contributed by atoms with E-state index >= 15 is 0 Å². The van der Waals surface area contributed by atoms with Crippen LogP contribution in [-0.2, 0) is 7.05 Å². The van der Waals surface area contributed by atoms with E-state index in [1.54, 1.807) is 36.3 Å². The van der Waals surface area contributed by atoms with Crippen molar-refractivity contribution in [1.82, 2.24) is 20.0 Å². The molecule has 1 aromatic carbocycles. The summed E-state index contributed by atoms with van der Waals surface area (Å²) in [6, 6.07) is 3.26. The van der Waals surface area contributed by atoms with Crippen LogP contribution in [0.25, 0.3) is 22.0 Å². The van der Waals surface area contributed by atoms with Crippen molar-refractivity contribution >= 4 is 39.2 Å². The van der Waals surface area contributed by atoms with Crippen molar-refractivity contribution in [2.45, 2.75) is 0 Å². The maximum atomic E-state index is 11.2. The molecule has 0 fully saturated rings. The number of benzene rings is 1. The van der Waals surface area contributed by atoms with Crippen LogP contribution >= 0.6 is 22.6 Å². The summed E-state index contributed by atoms with van der Waals surface area (Å²) < 4.78 is 2.39. The van der Waals surface area contributed by atoms with Crippen molar-refractivity contribution in [3.05, 3.63) is 38.3 Å². The lowest BCUT2D eigenvalue weighted by Crippen LogP contribution is -1.92. The maximum absolute atomic E-state index is 11.2. The molecule has 0 unspecified atom stereocenters. The molecule has 0 amide bonds. The molecule has 0 radical (unpaired) electrons. The number of rotatable bonds is 2. The highest BCUT2D eigenvalue weighted by atomic mass is 127. The van der Waals surface area contributed by atoms with E-state index in [1.807, 2.05) is 0 Å². The lowest BCUT2D eigenvalue weighted by molar-refractivity contribution is -0.384. The second-order valence-electron chi connectivity index (χ2n) is 4.08. The van der Waals surface area contributed by atoms with Crippen molar-refractivity contribution in [2.24, 2.45) is 7.05 Å². The maximum Gasteiger partial charge on any atom is 0.278 e. The van der Waals surface area contributed by atoms with E-state index < -0.39 is 0 Å². The summed E-state index contributed by atoms with van der Waals surface area (Å²) in [4.78, 5) is 10.8. The molecule has 2 heterocycles. The van der Waals surface area contributed by atoms with Crippen LogP contribution in [0.4, 0.5) is 5.69 Å². The SMILES string of the molecule is Cn1cc(-c2cc3n[nH]c(I)c3cc2[N+](=O)[O-])cn1. The van der Waals surface area contributed by atoms with Crippen LogP contribution in [0.3, 0.4) is 0 Å². The highest BCUT2D eigenvalue weighted by Crippen LogP contribution is 2.34. The summed E-state index contributed by atoms with van der Waals surface area (Å²) in [6.07, 6.45) is 3.34. The number of fused-ring (bicyclic) bond motifs is 1. The van der Waals surface area contributed by atoms with Crippen molar-refractivity contribution in [1.29, 1.82) is 0 Å². The number of nitro benzene ring substituents is 1. The summed E-state index contributed by atoms with van der Waals surface area (Å²) in [5, 5.41) is 23.0. The lowest BCUT2D eigenvalue weighted by atomic mass is 10.1. The molecule has 1 N–H and O–H groups in total. The number of hydrogen-bond acceptors (Lipinski definition) is 4. The van der Waals surface area contributed by atoms with Crippen LogP contribution in [0.15, 0.2) is 24.5 Å². The molecule has 0 spiro atoms. The minimum atomic E-state index is -0.384. The first-order chi connectivity index (χ1) is 9.06. The minimum absolute atomic E-state index is 0.0554. The molecule has 8 heteroatoms. The molecule has 0 aliphatic carbocycles. The topological polar surface area (TPSA) is 89.6 Å². The smallest absolute Gasteiger partial charge is 0.275 e. The number of H-pyrrole nitrogens is 1.